The fourth-order valence-corrected chi connectivity index (χ4v) is 2.99. The van der Waals surface area contributed by atoms with E-state index < -0.39 is 0 Å². The summed E-state index contributed by atoms with van der Waals surface area (Å²) < 4.78 is 0. The molecule has 1 aliphatic rings. The van der Waals surface area contributed by atoms with Crippen molar-refractivity contribution >= 4 is 0 Å². The van der Waals surface area contributed by atoms with E-state index in [1.165, 1.54) is 27.8 Å². The summed E-state index contributed by atoms with van der Waals surface area (Å²) in [4.78, 5) is 0. The zero-order valence-corrected chi connectivity index (χ0v) is 11.0. The minimum Gasteiger partial charge on any atom is -0.312 e. The predicted octanol–water partition coefficient (Wildman–Crippen LogP) is 3.54. The zero-order valence-electron chi connectivity index (χ0n) is 11.0. The van der Waals surface area contributed by atoms with Crippen molar-refractivity contribution in [3.63, 3.8) is 0 Å². The molecule has 0 amide bonds. The summed E-state index contributed by atoms with van der Waals surface area (Å²) in [6.45, 7) is 6.42. The standard InChI is InChI=1S/C17H19N/c1-12-7-8-15(13(2)9-12)17-11-18-10-14-5-3-4-6-16(14)17/h3-9,17-18H,10-11H2,1-2H3. The van der Waals surface area contributed by atoms with Crippen LogP contribution in [0.4, 0.5) is 0 Å². The summed E-state index contributed by atoms with van der Waals surface area (Å²) in [5.74, 6) is 0.496. The van der Waals surface area contributed by atoms with Crippen molar-refractivity contribution in [1.29, 1.82) is 0 Å². The first kappa shape index (κ1) is 11.5. The molecule has 0 aliphatic carbocycles. The molecule has 1 atom stereocenters. The Morgan fingerprint density at radius 3 is 2.67 bits per heavy atom. The number of nitrogens with one attached hydrogen (secondary N) is 1. The Morgan fingerprint density at radius 1 is 1.00 bits per heavy atom. The summed E-state index contributed by atoms with van der Waals surface area (Å²) >= 11 is 0. The normalized spacial score (nSPS) is 18.4. The van der Waals surface area contributed by atoms with Crippen LogP contribution in [0.25, 0.3) is 0 Å². The molecule has 1 unspecified atom stereocenters. The lowest BCUT2D eigenvalue weighted by Gasteiger charge is -2.28. The van der Waals surface area contributed by atoms with Gasteiger partial charge in [-0.15, -0.1) is 0 Å². The molecule has 0 radical (unpaired) electrons. The molecule has 1 heteroatoms. The Morgan fingerprint density at radius 2 is 1.83 bits per heavy atom. The second-order valence-electron chi connectivity index (χ2n) is 5.24. The van der Waals surface area contributed by atoms with E-state index in [0.717, 1.165) is 13.1 Å². The summed E-state index contributed by atoms with van der Waals surface area (Å²) in [5.41, 5.74) is 7.13. The van der Waals surface area contributed by atoms with Gasteiger partial charge in [0.2, 0.25) is 0 Å². The molecule has 2 aromatic rings. The molecule has 0 saturated carbocycles. The topological polar surface area (TPSA) is 12.0 Å². The SMILES string of the molecule is Cc1ccc(C2CNCc3ccccc32)c(C)c1. The number of hydrogen-bond acceptors (Lipinski definition) is 1. The van der Waals surface area contributed by atoms with Gasteiger partial charge in [-0.1, -0.05) is 48.0 Å². The number of fused-ring (bicyclic) bond motifs is 1. The Kier molecular flexibility index (Phi) is 2.92. The fourth-order valence-electron chi connectivity index (χ4n) is 2.99. The van der Waals surface area contributed by atoms with E-state index in [0.29, 0.717) is 5.92 Å². The predicted molar refractivity (Wildman–Crippen MR) is 75.9 cm³/mol. The van der Waals surface area contributed by atoms with E-state index in [2.05, 4.69) is 61.6 Å². The minimum absolute atomic E-state index is 0.496. The first-order valence-corrected chi connectivity index (χ1v) is 6.61. The van der Waals surface area contributed by atoms with E-state index in [-0.39, 0.29) is 0 Å². The number of hydrogen-bond donors (Lipinski definition) is 1. The van der Waals surface area contributed by atoms with Crippen molar-refractivity contribution in [3.05, 3.63) is 70.3 Å². The molecule has 0 fully saturated rings. The smallest absolute Gasteiger partial charge is 0.0220 e. The van der Waals surface area contributed by atoms with Gasteiger partial charge in [-0.3, -0.25) is 0 Å². The first-order valence-electron chi connectivity index (χ1n) is 6.61. The number of aryl methyl sites for hydroxylation is 2. The summed E-state index contributed by atoms with van der Waals surface area (Å²) in [7, 11) is 0. The molecule has 0 spiro atoms. The van der Waals surface area contributed by atoms with Crippen LogP contribution in [0.2, 0.25) is 0 Å². The second kappa shape index (κ2) is 4.58. The van der Waals surface area contributed by atoms with Crippen molar-refractivity contribution in [2.45, 2.75) is 26.3 Å². The largest absolute Gasteiger partial charge is 0.312 e. The maximum absolute atomic E-state index is 3.53. The highest BCUT2D eigenvalue weighted by Crippen LogP contribution is 2.31. The van der Waals surface area contributed by atoms with Crippen LogP contribution < -0.4 is 5.32 Å². The average molecular weight is 237 g/mol. The molecule has 0 bridgehead atoms. The third-order valence-electron chi connectivity index (χ3n) is 3.90. The average Bonchev–Trinajstić information content (AvgIpc) is 2.38. The zero-order chi connectivity index (χ0) is 12.5. The van der Waals surface area contributed by atoms with Crippen LogP contribution in [-0.2, 0) is 6.54 Å². The van der Waals surface area contributed by atoms with Gasteiger partial charge in [0, 0.05) is 19.0 Å². The molecule has 1 aliphatic heterocycles. The molecule has 1 N–H and O–H groups in total. The quantitative estimate of drug-likeness (QED) is 0.800. The Bertz CT molecular complexity index is 572. The lowest BCUT2D eigenvalue weighted by atomic mass is 9.83. The van der Waals surface area contributed by atoms with Gasteiger partial charge < -0.3 is 5.32 Å². The van der Waals surface area contributed by atoms with Crippen molar-refractivity contribution in [2.24, 2.45) is 0 Å². The molecule has 1 heterocycles. The van der Waals surface area contributed by atoms with Crippen molar-refractivity contribution in [2.75, 3.05) is 6.54 Å². The molecular weight excluding hydrogens is 218 g/mol. The van der Waals surface area contributed by atoms with Crippen molar-refractivity contribution in [1.82, 2.24) is 5.32 Å². The highest BCUT2D eigenvalue weighted by molar-refractivity contribution is 5.44. The number of rotatable bonds is 1. The summed E-state index contributed by atoms with van der Waals surface area (Å²) in [6.07, 6.45) is 0. The first-order chi connectivity index (χ1) is 8.75. The molecule has 1 nitrogen and oxygen atoms in total. The van der Waals surface area contributed by atoms with Crippen LogP contribution in [-0.4, -0.2) is 6.54 Å². The van der Waals surface area contributed by atoms with Crippen LogP contribution in [0.15, 0.2) is 42.5 Å². The molecule has 18 heavy (non-hydrogen) atoms. The summed E-state index contributed by atoms with van der Waals surface area (Å²) in [5, 5.41) is 3.53. The third-order valence-corrected chi connectivity index (χ3v) is 3.90. The fraction of sp³-hybridized carbons (Fsp3) is 0.294. The maximum Gasteiger partial charge on any atom is 0.0220 e. The Balaban J connectivity index is 2.08. The summed E-state index contributed by atoms with van der Waals surface area (Å²) in [6, 6.07) is 15.6. The molecule has 2 aromatic carbocycles. The lowest BCUT2D eigenvalue weighted by Crippen LogP contribution is -2.29. The van der Waals surface area contributed by atoms with Crippen molar-refractivity contribution in [3.8, 4) is 0 Å². The van der Waals surface area contributed by atoms with E-state index in [1.807, 2.05) is 0 Å². The second-order valence-corrected chi connectivity index (χ2v) is 5.24. The molecule has 92 valence electrons. The number of benzene rings is 2. The molecular formula is C17H19N. The van der Waals surface area contributed by atoms with Gasteiger partial charge in [0.1, 0.15) is 0 Å². The minimum atomic E-state index is 0.496. The van der Waals surface area contributed by atoms with Gasteiger partial charge in [0.25, 0.3) is 0 Å². The van der Waals surface area contributed by atoms with E-state index >= 15 is 0 Å². The van der Waals surface area contributed by atoms with Gasteiger partial charge in [0.05, 0.1) is 0 Å². The monoisotopic (exact) mass is 237 g/mol. The molecule has 0 aromatic heterocycles. The van der Waals surface area contributed by atoms with Gasteiger partial charge in [-0.25, -0.2) is 0 Å². The highest BCUT2D eigenvalue weighted by atomic mass is 14.9. The Labute approximate surface area is 109 Å². The van der Waals surface area contributed by atoms with Gasteiger partial charge in [-0.05, 0) is 36.1 Å². The van der Waals surface area contributed by atoms with Crippen LogP contribution in [0.3, 0.4) is 0 Å². The van der Waals surface area contributed by atoms with Crippen LogP contribution in [0.1, 0.15) is 33.7 Å². The van der Waals surface area contributed by atoms with Crippen LogP contribution in [0, 0.1) is 13.8 Å². The molecule has 0 saturated heterocycles. The van der Waals surface area contributed by atoms with E-state index in [4.69, 9.17) is 0 Å². The maximum atomic E-state index is 3.53. The lowest BCUT2D eigenvalue weighted by molar-refractivity contribution is 0.589. The van der Waals surface area contributed by atoms with Gasteiger partial charge in [-0.2, -0.15) is 0 Å². The van der Waals surface area contributed by atoms with Crippen molar-refractivity contribution < 1.29 is 0 Å². The molecule has 3 rings (SSSR count). The van der Waals surface area contributed by atoms with Crippen LogP contribution >= 0.6 is 0 Å². The van der Waals surface area contributed by atoms with E-state index in [9.17, 15) is 0 Å². The van der Waals surface area contributed by atoms with Gasteiger partial charge in [0.15, 0.2) is 0 Å². The van der Waals surface area contributed by atoms with E-state index in [1.54, 1.807) is 0 Å². The van der Waals surface area contributed by atoms with Crippen LogP contribution in [0.5, 0.6) is 0 Å². The Hall–Kier alpha value is -1.60. The highest BCUT2D eigenvalue weighted by Gasteiger charge is 2.22. The third kappa shape index (κ3) is 1.95. The van der Waals surface area contributed by atoms with Gasteiger partial charge >= 0.3 is 0 Å².